The molecule has 2 N–H and O–H groups in total. The number of nitrogens with zero attached hydrogens (tertiary/aromatic N) is 1. The molecule has 0 spiro atoms. The van der Waals surface area contributed by atoms with Gasteiger partial charge in [-0.3, -0.25) is 5.43 Å². The Morgan fingerprint density at radius 2 is 1.94 bits per heavy atom. The lowest BCUT2D eigenvalue weighted by atomic mass is 10.2. The fraction of sp³-hybridized carbons (Fsp3) is 0.0714. The van der Waals surface area contributed by atoms with Crippen molar-refractivity contribution < 1.29 is 9.84 Å². The van der Waals surface area contributed by atoms with Crippen LogP contribution in [0.25, 0.3) is 0 Å². The first-order valence-corrected chi connectivity index (χ1v) is 5.51. The Labute approximate surface area is 106 Å². The first-order valence-electron chi connectivity index (χ1n) is 5.51. The minimum Gasteiger partial charge on any atom is -0.507 e. The second-order valence-corrected chi connectivity index (χ2v) is 3.66. The molecular weight excluding hydrogens is 228 g/mol. The number of phenolic OH excluding ortho intramolecular Hbond substituents is 1. The molecule has 0 aliphatic rings. The third-order valence-corrected chi connectivity index (χ3v) is 2.41. The molecule has 92 valence electrons. The molecule has 0 heterocycles. The smallest absolute Gasteiger partial charge is 0.128 e. The van der Waals surface area contributed by atoms with Gasteiger partial charge in [0.2, 0.25) is 0 Å². The second-order valence-electron chi connectivity index (χ2n) is 3.66. The predicted octanol–water partition coefficient (Wildman–Crippen LogP) is 2.85. The van der Waals surface area contributed by atoms with Crippen molar-refractivity contribution in [2.45, 2.75) is 0 Å². The quantitative estimate of drug-likeness (QED) is 0.640. The maximum absolute atomic E-state index is 9.72. The number of para-hydroxylation sites is 1. The van der Waals surface area contributed by atoms with Crippen molar-refractivity contribution in [3.8, 4) is 11.5 Å². The molecule has 0 aliphatic heterocycles. The van der Waals surface area contributed by atoms with E-state index in [0.29, 0.717) is 11.3 Å². The lowest BCUT2D eigenvalue weighted by Gasteiger charge is -2.03. The number of phenols is 1. The van der Waals surface area contributed by atoms with Gasteiger partial charge in [0.25, 0.3) is 0 Å². The Morgan fingerprint density at radius 3 is 2.61 bits per heavy atom. The van der Waals surface area contributed by atoms with Crippen molar-refractivity contribution in [3.63, 3.8) is 0 Å². The van der Waals surface area contributed by atoms with Crippen LogP contribution in [0.4, 0.5) is 5.69 Å². The van der Waals surface area contributed by atoms with E-state index in [1.165, 1.54) is 0 Å². The molecule has 2 rings (SSSR count). The van der Waals surface area contributed by atoms with E-state index in [2.05, 4.69) is 10.5 Å². The molecule has 2 aromatic carbocycles. The summed E-state index contributed by atoms with van der Waals surface area (Å²) in [7, 11) is 1.56. The summed E-state index contributed by atoms with van der Waals surface area (Å²) in [5, 5.41) is 13.8. The molecule has 0 aromatic heterocycles. The van der Waals surface area contributed by atoms with E-state index < -0.39 is 0 Å². The van der Waals surface area contributed by atoms with Gasteiger partial charge in [0.15, 0.2) is 0 Å². The van der Waals surface area contributed by atoms with Crippen LogP contribution >= 0.6 is 0 Å². The molecule has 0 radical (unpaired) electrons. The summed E-state index contributed by atoms with van der Waals surface area (Å²) in [6.45, 7) is 0. The number of benzene rings is 2. The highest BCUT2D eigenvalue weighted by molar-refractivity contribution is 5.84. The van der Waals surface area contributed by atoms with Crippen LogP contribution in [0.2, 0.25) is 0 Å². The number of hydrazone groups is 1. The highest BCUT2D eigenvalue weighted by Crippen LogP contribution is 2.21. The summed E-state index contributed by atoms with van der Waals surface area (Å²) in [6.07, 6.45) is 1.56. The minimum absolute atomic E-state index is 0.132. The average molecular weight is 242 g/mol. The Hall–Kier alpha value is -2.49. The molecular formula is C14H14N2O2. The molecule has 0 unspecified atom stereocenters. The van der Waals surface area contributed by atoms with Crippen molar-refractivity contribution in [1.29, 1.82) is 0 Å². The van der Waals surface area contributed by atoms with Gasteiger partial charge in [0, 0.05) is 11.6 Å². The number of hydrogen-bond acceptors (Lipinski definition) is 4. The molecule has 0 saturated heterocycles. The fourth-order valence-electron chi connectivity index (χ4n) is 1.45. The maximum Gasteiger partial charge on any atom is 0.128 e. The first kappa shape index (κ1) is 12.0. The summed E-state index contributed by atoms with van der Waals surface area (Å²) in [6, 6.07) is 14.6. The molecule has 0 fully saturated rings. The second kappa shape index (κ2) is 5.72. The Kier molecular flexibility index (Phi) is 3.81. The number of ether oxygens (including phenoxy) is 1. The topological polar surface area (TPSA) is 53.8 Å². The molecule has 4 nitrogen and oxygen atoms in total. The van der Waals surface area contributed by atoms with Gasteiger partial charge in [-0.05, 0) is 24.3 Å². The zero-order valence-electron chi connectivity index (χ0n) is 10.00. The monoisotopic (exact) mass is 242 g/mol. The fourth-order valence-corrected chi connectivity index (χ4v) is 1.45. The highest BCUT2D eigenvalue weighted by Gasteiger charge is 1.99. The molecule has 2 aromatic rings. The summed E-state index contributed by atoms with van der Waals surface area (Å²) in [4.78, 5) is 0. The van der Waals surface area contributed by atoms with Gasteiger partial charge >= 0.3 is 0 Å². The molecule has 18 heavy (non-hydrogen) atoms. The summed E-state index contributed by atoms with van der Waals surface area (Å²) in [5.41, 5.74) is 4.39. The van der Waals surface area contributed by atoms with Gasteiger partial charge in [-0.1, -0.05) is 18.2 Å². The van der Waals surface area contributed by atoms with E-state index in [-0.39, 0.29) is 5.75 Å². The van der Waals surface area contributed by atoms with Crippen LogP contribution in [-0.2, 0) is 0 Å². The molecule has 0 amide bonds. The van der Waals surface area contributed by atoms with Crippen LogP contribution in [0.5, 0.6) is 11.5 Å². The first-order chi connectivity index (χ1) is 8.79. The summed E-state index contributed by atoms with van der Waals surface area (Å²) in [5.74, 6) is 0.744. The average Bonchev–Trinajstić information content (AvgIpc) is 2.42. The van der Waals surface area contributed by atoms with Crippen molar-refractivity contribution in [2.24, 2.45) is 5.10 Å². The standard InChI is InChI=1S/C14H14N2O2/c1-18-13-8-7-11(14(17)9-13)10-15-16-12-5-3-2-4-6-12/h2-10,16-17H,1H3/b15-10+. The molecule has 0 aliphatic carbocycles. The van der Waals surface area contributed by atoms with E-state index in [1.807, 2.05) is 30.3 Å². The van der Waals surface area contributed by atoms with Crippen LogP contribution in [0.3, 0.4) is 0 Å². The number of anilines is 1. The zero-order valence-corrected chi connectivity index (χ0v) is 10.00. The third kappa shape index (κ3) is 3.01. The predicted molar refractivity (Wildman–Crippen MR) is 72.3 cm³/mol. The Morgan fingerprint density at radius 1 is 1.17 bits per heavy atom. The molecule has 0 atom stereocenters. The van der Waals surface area contributed by atoms with Gasteiger partial charge in [-0.15, -0.1) is 0 Å². The SMILES string of the molecule is COc1ccc(/C=N/Nc2ccccc2)c(O)c1. The van der Waals surface area contributed by atoms with Gasteiger partial charge in [0.1, 0.15) is 11.5 Å². The van der Waals surface area contributed by atoms with Crippen LogP contribution in [0.1, 0.15) is 5.56 Å². The van der Waals surface area contributed by atoms with Gasteiger partial charge in [-0.2, -0.15) is 5.10 Å². The van der Waals surface area contributed by atoms with Crippen LogP contribution < -0.4 is 10.2 Å². The maximum atomic E-state index is 9.72. The van der Waals surface area contributed by atoms with E-state index in [4.69, 9.17) is 4.74 Å². The van der Waals surface area contributed by atoms with Crippen molar-refractivity contribution in [1.82, 2.24) is 0 Å². The Bertz CT molecular complexity index is 539. The Balaban J connectivity index is 2.05. The summed E-state index contributed by atoms with van der Waals surface area (Å²) < 4.78 is 5.00. The third-order valence-electron chi connectivity index (χ3n) is 2.41. The van der Waals surface area contributed by atoms with Gasteiger partial charge in [0.05, 0.1) is 19.0 Å². The molecule has 0 saturated carbocycles. The largest absolute Gasteiger partial charge is 0.507 e. The zero-order chi connectivity index (χ0) is 12.8. The van der Waals surface area contributed by atoms with Gasteiger partial charge < -0.3 is 9.84 Å². The number of rotatable bonds is 4. The van der Waals surface area contributed by atoms with Crippen LogP contribution in [0, 0.1) is 0 Å². The van der Waals surface area contributed by atoms with E-state index in [9.17, 15) is 5.11 Å². The normalized spacial score (nSPS) is 10.5. The van der Waals surface area contributed by atoms with Gasteiger partial charge in [-0.25, -0.2) is 0 Å². The lowest BCUT2D eigenvalue weighted by molar-refractivity contribution is 0.407. The number of aromatic hydroxyl groups is 1. The van der Waals surface area contributed by atoms with E-state index >= 15 is 0 Å². The number of methoxy groups -OCH3 is 1. The number of hydrogen-bond donors (Lipinski definition) is 2. The minimum atomic E-state index is 0.132. The van der Waals surface area contributed by atoms with Crippen molar-refractivity contribution in [2.75, 3.05) is 12.5 Å². The lowest BCUT2D eigenvalue weighted by Crippen LogP contribution is -1.91. The number of nitrogens with one attached hydrogen (secondary N) is 1. The highest BCUT2D eigenvalue weighted by atomic mass is 16.5. The van der Waals surface area contributed by atoms with Crippen molar-refractivity contribution in [3.05, 3.63) is 54.1 Å². The van der Waals surface area contributed by atoms with Crippen molar-refractivity contribution >= 4 is 11.9 Å². The molecule has 4 heteroatoms. The van der Waals surface area contributed by atoms with Crippen LogP contribution in [0.15, 0.2) is 53.6 Å². The summed E-state index contributed by atoms with van der Waals surface area (Å²) >= 11 is 0. The van der Waals surface area contributed by atoms with E-state index in [1.54, 1.807) is 31.5 Å². The van der Waals surface area contributed by atoms with Crippen LogP contribution in [-0.4, -0.2) is 18.4 Å². The van der Waals surface area contributed by atoms with E-state index in [0.717, 1.165) is 5.69 Å². The molecule has 0 bridgehead atoms.